The largest absolute Gasteiger partial charge is 0.508 e. The molecule has 0 spiro atoms. The number of methoxy groups -OCH3 is 1. The molecule has 2 heterocycles. The number of esters is 1. The highest BCUT2D eigenvalue weighted by atomic mass is 28.3. The van der Waals surface area contributed by atoms with Crippen molar-refractivity contribution in [3.05, 3.63) is 22.8 Å². The molecule has 0 radical (unpaired) electrons. The van der Waals surface area contributed by atoms with Crippen molar-refractivity contribution >= 4 is 20.1 Å². The topological polar surface area (TPSA) is 164 Å². The zero-order valence-corrected chi connectivity index (χ0v) is 26.4. The van der Waals surface area contributed by atoms with Crippen molar-refractivity contribution in [2.24, 2.45) is 11.3 Å². The number of hydrogen-bond donors (Lipinski definition) is 5. The highest BCUT2D eigenvalue weighted by Crippen LogP contribution is 2.42. The number of fused-ring (bicyclic) bond motifs is 1. The van der Waals surface area contributed by atoms with Crippen molar-refractivity contribution in [1.82, 2.24) is 5.32 Å². The molecular weight excluding hydrogens is 550 g/mol. The van der Waals surface area contributed by atoms with Crippen LogP contribution >= 0.6 is 0 Å². The Morgan fingerprint density at radius 2 is 1.88 bits per heavy atom. The highest BCUT2D eigenvalue weighted by molar-refractivity contribution is 6.76. The molecule has 3 rings (SSSR count). The van der Waals surface area contributed by atoms with E-state index >= 15 is 0 Å². The lowest BCUT2D eigenvalue weighted by molar-refractivity contribution is -0.215. The number of nitrogens with one attached hydrogen (secondary N) is 1. The molecule has 0 unspecified atom stereocenters. The van der Waals surface area contributed by atoms with Gasteiger partial charge in [0.05, 0.1) is 24.9 Å². The third kappa shape index (κ3) is 7.72. The van der Waals surface area contributed by atoms with Crippen molar-refractivity contribution in [3.8, 4) is 11.5 Å². The van der Waals surface area contributed by atoms with Crippen LogP contribution in [0.1, 0.15) is 55.1 Å². The summed E-state index contributed by atoms with van der Waals surface area (Å²) in [5.74, 6) is -1.73. The SMILES string of the molecule is CO[C@H](NC(=O)OCC[Si](C)(C)C)[C@@H]1C[C@@H](O)C(C)(C)[C@@H](C[C@H](O)[C@@H](C)[C@H]2Cc3c(C)c(O)cc(O)c3C(=O)O2)O1. The molecule has 1 aromatic rings. The number of hydrogen-bond acceptors (Lipinski definition) is 10. The lowest BCUT2D eigenvalue weighted by atomic mass is 9.73. The van der Waals surface area contributed by atoms with E-state index in [1.54, 1.807) is 13.8 Å². The zero-order valence-electron chi connectivity index (χ0n) is 25.4. The fourth-order valence-electron chi connectivity index (χ4n) is 5.35. The fraction of sp³-hybridized carbons (Fsp3) is 0.724. The van der Waals surface area contributed by atoms with Crippen molar-refractivity contribution in [1.29, 1.82) is 0 Å². The molecule has 0 saturated carbocycles. The maximum Gasteiger partial charge on any atom is 0.409 e. The van der Waals surface area contributed by atoms with Gasteiger partial charge in [0.15, 0.2) is 6.23 Å². The average Bonchev–Trinajstić information content (AvgIpc) is 2.86. The molecule has 5 N–H and O–H groups in total. The van der Waals surface area contributed by atoms with E-state index in [1.165, 1.54) is 7.11 Å². The summed E-state index contributed by atoms with van der Waals surface area (Å²) in [4.78, 5) is 25.2. The van der Waals surface area contributed by atoms with Crippen LogP contribution in [0.25, 0.3) is 0 Å². The van der Waals surface area contributed by atoms with Crippen LogP contribution in [0.5, 0.6) is 11.5 Å². The summed E-state index contributed by atoms with van der Waals surface area (Å²) in [7, 11) is 0.0583. The van der Waals surface area contributed by atoms with Gasteiger partial charge in [-0.25, -0.2) is 9.59 Å². The molecule has 41 heavy (non-hydrogen) atoms. The van der Waals surface area contributed by atoms with Crippen molar-refractivity contribution in [3.63, 3.8) is 0 Å². The maximum absolute atomic E-state index is 12.7. The molecule has 2 aliphatic rings. The van der Waals surface area contributed by atoms with Gasteiger partial charge in [0.1, 0.15) is 29.3 Å². The number of cyclic esters (lactones) is 1. The minimum absolute atomic E-state index is 0.0260. The number of aromatic hydroxyl groups is 2. The predicted octanol–water partition coefficient (Wildman–Crippen LogP) is 3.46. The number of benzene rings is 1. The van der Waals surface area contributed by atoms with Gasteiger partial charge < -0.3 is 39.4 Å². The first kappa shape index (κ1) is 33.1. The van der Waals surface area contributed by atoms with Gasteiger partial charge in [0.2, 0.25) is 0 Å². The van der Waals surface area contributed by atoms with Gasteiger partial charge >= 0.3 is 12.1 Å². The summed E-state index contributed by atoms with van der Waals surface area (Å²) < 4.78 is 22.8. The number of aliphatic hydroxyl groups is 2. The summed E-state index contributed by atoms with van der Waals surface area (Å²) >= 11 is 0. The molecule has 12 heteroatoms. The molecule has 1 amide bonds. The highest BCUT2D eigenvalue weighted by Gasteiger charge is 2.48. The Morgan fingerprint density at radius 1 is 1.22 bits per heavy atom. The molecule has 0 bridgehead atoms. The Balaban J connectivity index is 1.69. The van der Waals surface area contributed by atoms with Gasteiger partial charge in [-0.3, -0.25) is 5.32 Å². The first-order chi connectivity index (χ1) is 19.0. The number of phenols is 2. The fourth-order valence-corrected chi connectivity index (χ4v) is 6.06. The van der Waals surface area contributed by atoms with Gasteiger partial charge in [-0.05, 0) is 24.1 Å². The predicted molar refractivity (Wildman–Crippen MR) is 154 cm³/mol. The number of amides is 1. The smallest absolute Gasteiger partial charge is 0.409 e. The van der Waals surface area contributed by atoms with Gasteiger partial charge in [-0.2, -0.15) is 0 Å². The summed E-state index contributed by atoms with van der Waals surface area (Å²) in [6, 6.07) is 1.94. The van der Waals surface area contributed by atoms with Gasteiger partial charge in [0, 0.05) is 51.8 Å². The lowest BCUT2D eigenvalue weighted by Gasteiger charge is -2.48. The minimum atomic E-state index is -1.37. The molecule has 7 atom stereocenters. The number of rotatable bonds is 10. The van der Waals surface area contributed by atoms with Crippen molar-refractivity contribution in [2.45, 2.75) is 109 Å². The molecule has 11 nitrogen and oxygen atoms in total. The van der Waals surface area contributed by atoms with Crippen LogP contribution in [0, 0.1) is 18.3 Å². The second-order valence-electron chi connectivity index (χ2n) is 13.2. The Bertz CT molecular complexity index is 1100. The molecule has 2 aliphatic heterocycles. The van der Waals surface area contributed by atoms with E-state index in [0.717, 1.165) is 12.1 Å². The third-order valence-corrected chi connectivity index (χ3v) is 10.3. The van der Waals surface area contributed by atoms with Gasteiger partial charge in [-0.15, -0.1) is 0 Å². The Morgan fingerprint density at radius 3 is 2.49 bits per heavy atom. The zero-order chi connectivity index (χ0) is 30.9. The van der Waals surface area contributed by atoms with Crippen LogP contribution in [-0.2, 0) is 25.4 Å². The monoisotopic (exact) mass is 597 g/mol. The molecule has 0 aromatic heterocycles. The number of aliphatic hydroxyl groups excluding tert-OH is 2. The van der Waals surface area contributed by atoms with Crippen LogP contribution < -0.4 is 5.32 Å². The normalized spacial score (nSPS) is 26.3. The second kappa shape index (κ2) is 12.9. The number of alkyl carbamates (subject to hydrolysis) is 1. The first-order valence-electron chi connectivity index (χ1n) is 14.2. The van der Waals surface area contributed by atoms with Crippen molar-refractivity contribution < 1.29 is 49.0 Å². The molecule has 1 fully saturated rings. The van der Waals surface area contributed by atoms with E-state index < -0.39 is 68.2 Å². The summed E-state index contributed by atoms with van der Waals surface area (Å²) in [5, 5.41) is 45.3. The Labute approximate surface area is 243 Å². The van der Waals surface area contributed by atoms with Crippen LogP contribution in [0.15, 0.2) is 6.07 Å². The second-order valence-corrected chi connectivity index (χ2v) is 18.8. The van der Waals surface area contributed by atoms with Crippen molar-refractivity contribution in [2.75, 3.05) is 13.7 Å². The van der Waals surface area contributed by atoms with E-state index in [9.17, 15) is 30.0 Å². The summed E-state index contributed by atoms with van der Waals surface area (Å²) in [6.07, 6.45) is -4.83. The summed E-state index contributed by atoms with van der Waals surface area (Å²) in [5.41, 5.74) is 0.245. The number of ether oxygens (including phenoxy) is 4. The van der Waals surface area contributed by atoms with Gasteiger partial charge in [-0.1, -0.05) is 40.4 Å². The minimum Gasteiger partial charge on any atom is -0.508 e. The molecule has 232 valence electrons. The quantitative estimate of drug-likeness (QED) is 0.153. The van der Waals surface area contributed by atoms with E-state index in [2.05, 4.69) is 25.0 Å². The van der Waals surface area contributed by atoms with Gasteiger partial charge in [0.25, 0.3) is 0 Å². The lowest BCUT2D eigenvalue weighted by Crippen LogP contribution is -2.58. The third-order valence-electron chi connectivity index (χ3n) is 8.61. The van der Waals surface area contributed by atoms with Crippen LogP contribution in [0.2, 0.25) is 25.7 Å². The van der Waals surface area contributed by atoms with E-state index in [-0.39, 0.29) is 36.3 Å². The standard InChI is InChI=1S/C29H47NO10Si/c1-15-17-11-21(40-27(35)25(17)20(33)12-18(15)31)16(2)19(32)13-24-29(3,4)23(34)14-22(39-24)26(37-5)30-28(36)38-9-10-41(6,7)8/h12,16,19,21-24,26,31-34H,9-11,13-14H2,1-8H3,(H,30,36)/t16-,19+,21-,22+,23-,24-,26+/m1/s1. The molecule has 0 aliphatic carbocycles. The Kier molecular flexibility index (Phi) is 10.4. The number of carbonyl (C=O) groups is 2. The van der Waals surface area contributed by atoms with Crippen LogP contribution in [-0.4, -0.2) is 91.0 Å². The molecule has 1 aromatic carbocycles. The number of carbonyl (C=O) groups excluding carboxylic acids is 2. The summed E-state index contributed by atoms with van der Waals surface area (Å²) in [6.45, 7) is 14.0. The molecular formula is C29H47NO10Si. The van der Waals surface area contributed by atoms with Crippen LogP contribution in [0.4, 0.5) is 4.79 Å². The van der Waals surface area contributed by atoms with Crippen LogP contribution in [0.3, 0.4) is 0 Å². The first-order valence-corrected chi connectivity index (χ1v) is 17.9. The number of phenolic OH excluding ortho intramolecular Hbond substituents is 2. The molecule has 1 saturated heterocycles. The average molecular weight is 598 g/mol. The Hall–Kier alpha value is -2.38. The van der Waals surface area contributed by atoms with E-state index in [1.807, 2.05) is 13.8 Å². The maximum atomic E-state index is 12.7. The van der Waals surface area contributed by atoms with E-state index in [0.29, 0.717) is 17.7 Å². The van der Waals surface area contributed by atoms with E-state index in [4.69, 9.17) is 18.9 Å².